The first-order valence-corrected chi connectivity index (χ1v) is 9.42. The zero-order valence-electron chi connectivity index (χ0n) is 13.5. The highest BCUT2D eigenvalue weighted by Crippen LogP contribution is 2.44. The Morgan fingerprint density at radius 1 is 1.13 bits per heavy atom. The molecule has 0 N–H and O–H groups in total. The van der Waals surface area contributed by atoms with Gasteiger partial charge in [0, 0.05) is 16.7 Å². The van der Waals surface area contributed by atoms with Gasteiger partial charge in [0.25, 0.3) is 0 Å². The van der Waals surface area contributed by atoms with Crippen molar-refractivity contribution in [3.05, 3.63) is 53.8 Å². The summed E-state index contributed by atoms with van der Waals surface area (Å²) in [6.07, 6.45) is 3.94. The van der Waals surface area contributed by atoms with Crippen LogP contribution in [0, 0.1) is 5.82 Å². The van der Waals surface area contributed by atoms with Gasteiger partial charge in [-0.05, 0) is 79.7 Å². The lowest BCUT2D eigenvalue weighted by molar-refractivity contribution is 0.286. The van der Waals surface area contributed by atoms with Gasteiger partial charge in [0.05, 0.1) is 0 Å². The monoisotopic (exact) mass is 327 g/mol. The maximum absolute atomic E-state index is 13.1. The van der Waals surface area contributed by atoms with Crippen molar-refractivity contribution in [2.45, 2.75) is 36.1 Å². The first-order chi connectivity index (χ1) is 11.2. The Hall–Kier alpha value is -1.32. The van der Waals surface area contributed by atoms with E-state index in [1.165, 1.54) is 47.6 Å². The summed E-state index contributed by atoms with van der Waals surface area (Å²) >= 11 is 1.99. The molecule has 0 radical (unpaired) electrons. The summed E-state index contributed by atoms with van der Waals surface area (Å²) < 4.78 is 13.1. The van der Waals surface area contributed by atoms with Crippen molar-refractivity contribution in [1.29, 1.82) is 0 Å². The second-order valence-corrected chi connectivity index (χ2v) is 7.84. The number of benzene rings is 2. The van der Waals surface area contributed by atoms with Gasteiger partial charge in [-0.25, -0.2) is 4.39 Å². The lowest BCUT2D eigenvalue weighted by Crippen LogP contribution is -2.26. The van der Waals surface area contributed by atoms with Crippen LogP contribution < -0.4 is 0 Å². The maximum Gasteiger partial charge on any atom is 0.123 e. The lowest BCUT2D eigenvalue weighted by atomic mass is 9.91. The number of thioether (sulfide) groups is 1. The van der Waals surface area contributed by atoms with E-state index in [9.17, 15) is 4.39 Å². The second kappa shape index (κ2) is 6.29. The average molecular weight is 327 g/mol. The molecule has 0 spiro atoms. The summed E-state index contributed by atoms with van der Waals surface area (Å²) in [5.74, 6) is 1.68. The Balaban J connectivity index is 1.60. The Morgan fingerprint density at radius 2 is 1.91 bits per heavy atom. The van der Waals surface area contributed by atoms with Crippen molar-refractivity contribution in [1.82, 2.24) is 4.90 Å². The van der Waals surface area contributed by atoms with Crippen molar-refractivity contribution < 1.29 is 4.39 Å². The lowest BCUT2D eigenvalue weighted by Gasteiger charge is -2.23. The van der Waals surface area contributed by atoms with Crippen LogP contribution in [0.5, 0.6) is 0 Å². The van der Waals surface area contributed by atoms with Crippen LogP contribution in [0.4, 0.5) is 4.39 Å². The zero-order valence-corrected chi connectivity index (χ0v) is 14.3. The van der Waals surface area contributed by atoms with E-state index in [0.717, 1.165) is 11.6 Å². The topological polar surface area (TPSA) is 3.24 Å². The van der Waals surface area contributed by atoms with Gasteiger partial charge in [0.2, 0.25) is 0 Å². The maximum atomic E-state index is 13.1. The van der Waals surface area contributed by atoms with Crippen molar-refractivity contribution in [3.8, 4) is 11.1 Å². The minimum Gasteiger partial charge on any atom is -0.303 e. The third-order valence-electron chi connectivity index (χ3n) is 5.30. The predicted molar refractivity (Wildman–Crippen MR) is 95.6 cm³/mol. The number of likely N-dealkylation sites (tertiary alicyclic amines) is 1. The van der Waals surface area contributed by atoms with Gasteiger partial charge in [-0.3, -0.25) is 0 Å². The second-order valence-electron chi connectivity index (χ2n) is 6.78. The van der Waals surface area contributed by atoms with E-state index in [1.807, 2.05) is 23.9 Å². The number of fused-ring (bicyclic) bond motifs is 1. The Bertz CT molecular complexity index is 697. The van der Waals surface area contributed by atoms with Crippen LogP contribution in [-0.2, 0) is 0 Å². The van der Waals surface area contributed by atoms with Gasteiger partial charge in [0.15, 0.2) is 0 Å². The molecule has 0 aromatic heterocycles. The summed E-state index contributed by atoms with van der Waals surface area (Å²) in [5, 5.41) is 0. The van der Waals surface area contributed by atoms with Crippen LogP contribution >= 0.6 is 11.8 Å². The summed E-state index contributed by atoms with van der Waals surface area (Å²) in [6, 6.07) is 14.3. The molecule has 0 amide bonds. The normalized spacial score (nSPS) is 24.1. The Kier molecular flexibility index (Phi) is 4.16. The molecule has 23 heavy (non-hydrogen) atoms. The largest absolute Gasteiger partial charge is 0.303 e. The molecule has 1 nitrogen and oxygen atoms in total. The minimum atomic E-state index is -0.174. The minimum absolute atomic E-state index is 0.174. The van der Waals surface area contributed by atoms with Gasteiger partial charge in [-0.2, -0.15) is 0 Å². The molecule has 120 valence electrons. The van der Waals surface area contributed by atoms with Crippen LogP contribution in [-0.4, -0.2) is 30.3 Å². The van der Waals surface area contributed by atoms with Gasteiger partial charge >= 0.3 is 0 Å². The summed E-state index contributed by atoms with van der Waals surface area (Å²) in [4.78, 5) is 3.95. The van der Waals surface area contributed by atoms with E-state index in [-0.39, 0.29) is 5.82 Å². The van der Waals surface area contributed by atoms with E-state index in [4.69, 9.17) is 0 Å². The molecule has 0 bridgehead atoms. The third kappa shape index (κ3) is 3.05. The van der Waals surface area contributed by atoms with Crippen LogP contribution in [0.2, 0.25) is 0 Å². The fraction of sp³-hybridized carbons (Fsp3) is 0.400. The van der Waals surface area contributed by atoms with Crippen molar-refractivity contribution in [3.63, 3.8) is 0 Å². The fourth-order valence-electron chi connectivity index (χ4n) is 3.90. The summed E-state index contributed by atoms with van der Waals surface area (Å²) in [7, 11) is 2.26. The molecular weight excluding hydrogens is 305 g/mol. The first kappa shape index (κ1) is 15.2. The van der Waals surface area contributed by atoms with Gasteiger partial charge in [-0.1, -0.05) is 18.2 Å². The van der Waals surface area contributed by atoms with Crippen LogP contribution in [0.15, 0.2) is 47.4 Å². The van der Waals surface area contributed by atoms with Gasteiger partial charge < -0.3 is 4.90 Å². The SMILES string of the molecule is CN1CCC[C@@H]1CC1CSc2ccc(-c3ccc(F)cc3)cc21. The number of hydrogen-bond acceptors (Lipinski definition) is 2. The van der Waals surface area contributed by atoms with Gasteiger partial charge in [-0.15, -0.1) is 11.8 Å². The van der Waals surface area contributed by atoms with Crippen LogP contribution in [0.25, 0.3) is 11.1 Å². The fourth-order valence-corrected chi connectivity index (χ4v) is 5.15. The van der Waals surface area contributed by atoms with Gasteiger partial charge in [0.1, 0.15) is 5.82 Å². The van der Waals surface area contributed by atoms with E-state index < -0.39 is 0 Å². The molecule has 0 aliphatic carbocycles. The molecule has 2 atom stereocenters. The molecule has 2 aliphatic heterocycles. The summed E-state index contributed by atoms with van der Waals surface area (Å²) in [6.45, 7) is 1.24. The average Bonchev–Trinajstić information content (AvgIpc) is 3.15. The summed E-state index contributed by atoms with van der Waals surface area (Å²) in [5.41, 5.74) is 3.80. The highest BCUT2D eigenvalue weighted by molar-refractivity contribution is 7.99. The molecule has 2 aliphatic rings. The third-order valence-corrected chi connectivity index (χ3v) is 6.55. The van der Waals surface area contributed by atoms with E-state index in [0.29, 0.717) is 5.92 Å². The predicted octanol–water partition coefficient (Wildman–Crippen LogP) is 5.17. The molecule has 2 aromatic rings. The highest BCUT2D eigenvalue weighted by atomic mass is 32.2. The molecule has 2 aromatic carbocycles. The van der Waals surface area contributed by atoms with Crippen molar-refractivity contribution >= 4 is 11.8 Å². The Morgan fingerprint density at radius 3 is 2.65 bits per heavy atom. The zero-order chi connectivity index (χ0) is 15.8. The van der Waals surface area contributed by atoms with E-state index >= 15 is 0 Å². The molecule has 1 unspecified atom stereocenters. The Labute approximate surface area is 141 Å². The molecule has 1 saturated heterocycles. The number of hydrogen-bond donors (Lipinski definition) is 0. The highest BCUT2D eigenvalue weighted by Gasteiger charge is 2.29. The molecule has 2 heterocycles. The number of nitrogens with zero attached hydrogens (tertiary/aromatic N) is 1. The van der Waals surface area contributed by atoms with Crippen molar-refractivity contribution in [2.24, 2.45) is 0 Å². The smallest absolute Gasteiger partial charge is 0.123 e. The standard InChI is InChI=1S/C20H22FNS/c1-22-10-2-3-18(22)11-16-13-23-20-9-6-15(12-19(16)20)14-4-7-17(21)8-5-14/h4-9,12,16,18H,2-3,10-11,13H2,1H3/t16?,18-/m1/s1. The quantitative estimate of drug-likeness (QED) is 0.765. The first-order valence-electron chi connectivity index (χ1n) is 8.43. The van der Waals surface area contributed by atoms with E-state index in [1.54, 1.807) is 12.1 Å². The number of rotatable bonds is 3. The molecule has 0 saturated carbocycles. The number of halogens is 1. The molecule has 3 heteroatoms. The van der Waals surface area contributed by atoms with Crippen molar-refractivity contribution in [2.75, 3.05) is 19.3 Å². The van der Waals surface area contributed by atoms with E-state index in [2.05, 4.69) is 30.1 Å². The van der Waals surface area contributed by atoms with Crippen LogP contribution in [0.1, 0.15) is 30.7 Å². The molecule has 4 rings (SSSR count). The molecular formula is C20H22FNS. The molecule has 1 fully saturated rings. The van der Waals surface area contributed by atoms with Crippen LogP contribution in [0.3, 0.4) is 0 Å².